The number of carbonyl (C=O) groups is 1. The topological polar surface area (TPSA) is 29.1 Å². The lowest BCUT2D eigenvalue weighted by Crippen LogP contribution is -2.11. The molecule has 0 saturated carbocycles. The van der Waals surface area contributed by atoms with Gasteiger partial charge in [0.2, 0.25) is 5.91 Å². The van der Waals surface area contributed by atoms with Crippen LogP contribution in [-0.4, -0.2) is 11.7 Å². The van der Waals surface area contributed by atoms with Crippen LogP contribution in [0.25, 0.3) is 0 Å². The van der Waals surface area contributed by atoms with Crippen LogP contribution in [0.2, 0.25) is 5.02 Å². The zero-order chi connectivity index (χ0) is 15.1. The van der Waals surface area contributed by atoms with Crippen LogP contribution in [0.1, 0.15) is 12.8 Å². The molecule has 1 amide bonds. The third-order valence-electron chi connectivity index (χ3n) is 2.76. The Morgan fingerprint density at radius 3 is 2.43 bits per heavy atom. The van der Waals surface area contributed by atoms with Crippen molar-refractivity contribution < 1.29 is 9.18 Å². The Morgan fingerprint density at radius 2 is 1.76 bits per heavy atom. The van der Waals surface area contributed by atoms with E-state index >= 15 is 0 Å². The van der Waals surface area contributed by atoms with Crippen molar-refractivity contribution in [2.75, 3.05) is 11.1 Å². The summed E-state index contributed by atoms with van der Waals surface area (Å²) in [5.74, 6) is 0.490. The maximum absolute atomic E-state index is 12.7. The van der Waals surface area contributed by atoms with E-state index in [2.05, 4.69) is 5.32 Å². The lowest BCUT2D eigenvalue weighted by atomic mass is 10.3. The second-order valence-corrected chi connectivity index (χ2v) is 6.07. The number of anilines is 1. The standard InChI is InChI=1S/C16H15ClFNOS/c17-12-3-9-15(10-4-12)21-11-1-2-16(20)19-14-7-5-13(18)6-8-14/h3-10H,1-2,11H2,(H,19,20). The van der Waals surface area contributed by atoms with E-state index in [0.717, 1.165) is 22.1 Å². The summed E-state index contributed by atoms with van der Waals surface area (Å²) >= 11 is 7.51. The van der Waals surface area contributed by atoms with Crippen LogP contribution < -0.4 is 5.32 Å². The predicted octanol–water partition coefficient (Wildman–Crippen LogP) is 4.99. The Labute approximate surface area is 132 Å². The first-order valence-corrected chi connectivity index (χ1v) is 7.93. The molecule has 2 aromatic rings. The van der Waals surface area contributed by atoms with Gasteiger partial charge in [-0.15, -0.1) is 11.8 Å². The van der Waals surface area contributed by atoms with Gasteiger partial charge in [-0.05, 0) is 60.7 Å². The number of benzene rings is 2. The quantitative estimate of drug-likeness (QED) is 0.599. The summed E-state index contributed by atoms with van der Waals surface area (Å²) in [5, 5.41) is 3.46. The summed E-state index contributed by atoms with van der Waals surface area (Å²) in [7, 11) is 0. The smallest absolute Gasteiger partial charge is 0.224 e. The maximum Gasteiger partial charge on any atom is 0.224 e. The van der Waals surface area contributed by atoms with E-state index in [-0.39, 0.29) is 11.7 Å². The number of rotatable bonds is 6. The number of amides is 1. The largest absolute Gasteiger partial charge is 0.326 e. The van der Waals surface area contributed by atoms with Crippen molar-refractivity contribution in [3.63, 3.8) is 0 Å². The Hall–Kier alpha value is -1.52. The third kappa shape index (κ3) is 5.78. The van der Waals surface area contributed by atoms with Gasteiger partial charge in [0.15, 0.2) is 0 Å². The molecule has 2 aromatic carbocycles. The lowest BCUT2D eigenvalue weighted by molar-refractivity contribution is -0.116. The van der Waals surface area contributed by atoms with Crippen molar-refractivity contribution in [2.24, 2.45) is 0 Å². The number of thioether (sulfide) groups is 1. The molecule has 0 aliphatic heterocycles. The molecule has 0 aliphatic rings. The number of hydrogen-bond donors (Lipinski definition) is 1. The molecule has 110 valence electrons. The molecule has 1 N–H and O–H groups in total. The van der Waals surface area contributed by atoms with Crippen LogP contribution in [0.3, 0.4) is 0 Å². The number of hydrogen-bond acceptors (Lipinski definition) is 2. The fourth-order valence-corrected chi connectivity index (χ4v) is 2.69. The minimum absolute atomic E-state index is 0.0571. The van der Waals surface area contributed by atoms with Crippen molar-refractivity contribution in [3.05, 3.63) is 59.4 Å². The van der Waals surface area contributed by atoms with E-state index in [0.29, 0.717) is 12.1 Å². The van der Waals surface area contributed by atoms with Crippen LogP contribution in [-0.2, 0) is 4.79 Å². The maximum atomic E-state index is 12.7. The Kier molecular flexibility index (Phi) is 6.08. The second-order valence-electron chi connectivity index (χ2n) is 4.46. The molecular formula is C16H15ClFNOS. The highest BCUT2D eigenvalue weighted by Gasteiger charge is 2.03. The van der Waals surface area contributed by atoms with Gasteiger partial charge >= 0.3 is 0 Å². The predicted molar refractivity (Wildman–Crippen MR) is 86.4 cm³/mol. The average molecular weight is 324 g/mol. The molecular weight excluding hydrogens is 309 g/mol. The van der Waals surface area contributed by atoms with Gasteiger partial charge < -0.3 is 5.32 Å². The van der Waals surface area contributed by atoms with E-state index in [4.69, 9.17) is 11.6 Å². The molecule has 21 heavy (non-hydrogen) atoms. The normalized spacial score (nSPS) is 10.4. The molecule has 0 atom stereocenters. The molecule has 0 spiro atoms. The molecule has 0 bridgehead atoms. The Morgan fingerprint density at radius 1 is 1.10 bits per heavy atom. The monoisotopic (exact) mass is 323 g/mol. The summed E-state index contributed by atoms with van der Waals surface area (Å²) in [6, 6.07) is 13.4. The van der Waals surface area contributed by atoms with Crippen molar-refractivity contribution in [1.29, 1.82) is 0 Å². The van der Waals surface area contributed by atoms with Gasteiger partial charge in [0.05, 0.1) is 0 Å². The molecule has 0 fully saturated rings. The van der Waals surface area contributed by atoms with E-state index in [1.54, 1.807) is 23.9 Å². The summed E-state index contributed by atoms with van der Waals surface area (Å²) in [6.45, 7) is 0. The molecule has 2 nitrogen and oxygen atoms in total. The van der Waals surface area contributed by atoms with Gasteiger partial charge in [-0.1, -0.05) is 11.6 Å². The van der Waals surface area contributed by atoms with Gasteiger partial charge in [0.25, 0.3) is 0 Å². The molecule has 0 heterocycles. The molecule has 2 rings (SSSR count). The Bertz CT molecular complexity index is 586. The SMILES string of the molecule is O=C(CCCSc1ccc(Cl)cc1)Nc1ccc(F)cc1. The first-order valence-electron chi connectivity index (χ1n) is 6.57. The van der Waals surface area contributed by atoms with Crippen molar-refractivity contribution in [2.45, 2.75) is 17.7 Å². The lowest BCUT2D eigenvalue weighted by Gasteiger charge is -2.05. The minimum Gasteiger partial charge on any atom is -0.326 e. The molecule has 0 unspecified atom stereocenters. The van der Waals surface area contributed by atoms with Crippen molar-refractivity contribution >= 4 is 35.0 Å². The number of halogens is 2. The summed E-state index contributed by atoms with van der Waals surface area (Å²) < 4.78 is 12.7. The fourth-order valence-electron chi connectivity index (χ4n) is 1.71. The van der Waals surface area contributed by atoms with Crippen LogP contribution in [0.15, 0.2) is 53.4 Å². The van der Waals surface area contributed by atoms with Gasteiger partial charge in [-0.2, -0.15) is 0 Å². The molecule has 0 aromatic heterocycles. The minimum atomic E-state index is -0.313. The number of carbonyl (C=O) groups excluding carboxylic acids is 1. The fraction of sp³-hybridized carbons (Fsp3) is 0.188. The van der Waals surface area contributed by atoms with Gasteiger partial charge in [-0.3, -0.25) is 4.79 Å². The van der Waals surface area contributed by atoms with Crippen LogP contribution >= 0.6 is 23.4 Å². The molecule has 0 saturated heterocycles. The first kappa shape index (κ1) is 15.9. The summed E-state index contributed by atoms with van der Waals surface area (Å²) in [4.78, 5) is 12.9. The highest BCUT2D eigenvalue weighted by molar-refractivity contribution is 7.99. The highest BCUT2D eigenvalue weighted by atomic mass is 35.5. The van der Waals surface area contributed by atoms with E-state index < -0.39 is 0 Å². The summed E-state index contributed by atoms with van der Waals surface area (Å²) in [6.07, 6.45) is 1.22. The average Bonchev–Trinajstić information content (AvgIpc) is 2.48. The van der Waals surface area contributed by atoms with E-state index in [9.17, 15) is 9.18 Å². The van der Waals surface area contributed by atoms with Crippen LogP contribution in [0.4, 0.5) is 10.1 Å². The zero-order valence-corrected chi connectivity index (χ0v) is 12.9. The third-order valence-corrected chi connectivity index (χ3v) is 4.11. The zero-order valence-electron chi connectivity index (χ0n) is 11.3. The highest BCUT2D eigenvalue weighted by Crippen LogP contribution is 2.21. The van der Waals surface area contributed by atoms with Gasteiger partial charge in [-0.25, -0.2) is 4.39 Å². The molecule has 0 aliphatic carbocycles. The Balaban J connectivity index is 1.67. The van der Waals surface area contributed by atoms with Crippen molar-refractivity contribution in [3.8, 4) is 0 Å². The molecule has 0 radical (unpaired) electrons. The van der Waals surface area contributed by atoms with Gasteiger partial charge in [0, 0.05) is 22.0 Å². The van der Waals surface area contributed by atoms with Crippen LogP contribution in [0.5, 0.6) is 0 Å². The van der Waals surface area contributed by atoms with E-state index in [1.807, 2.05) is 24.3 Å². The number of nitrogens with one attached hydrogen (secondary N) is 1. The summed E-state index contributed by atoms with van der Waals surface area (Å²) in [5.41, 5.74) is 0.617. The van der Waals surface area contributed by atoms with Gasteiger partial charge in [0.1, 0.15) is 5.82 Å². The van der Waals surface area contributed by atoms with Crippen LogP contribution in [0, 0.1) is 5.82 Å². The second kappa shape index (κ2) is 8.05. The molecule has 5 heteroatoms. The first-order chi connectivity index (χ1) is 10.1. The van der Waals surface area contributed by atoms with Crippen molar-refractivity contribution in [1.82, 2.24) is 0 Å². The van der Waals surface area contributed by atoms with E-state index in [1.165, 1.54) is 12.1 Å².